The Morgan fingerprint density at radius 2 is 1.75 bits per heavy atom. The first kappa shape index (κ1) is 21.5. The van der Waals surface area contributed by atoms with E-state index in [1.807, 2.05) is 46.5 Å². The number of piperazine rings is 1. The van der Waals surface area contributed by atoms with E-state index in [1.165, 1.54) is 24.2 Å². The molecule has 0 bridgehead atoms. The number of hydrogen-bond donors (Lipinski definition) is 0. The molecule has 32 heavy (non-hydrogen) atoms. The van der Waals surface area contributed by atoms with Crippen molar-refractivity contribution < 1.29 is 13.2 Å². The number of hydrogen-bond acceptors (Lipinski definition) is 6. The zero-order valence-electron chi connectivity index (χ0n) is 18.2. The average Bonchev–Trinajstić information content (AvgIpc) is 3.60. The third-order valence-electron chi connectivity index (χ3n) is 6.45. The standard InChI is InChI=1S/C23H28N4O3S2/c1-30-20-10-8-18(9-11-20)25-12-14-26(15-13-25)32(28,29)22-17-27(19-5-2-3-6-19)24-23(22)21-7-4-16-31-21/h4,7-11,16-17,19H,2-3,5-6,12-15H2,1H3. The summed E-state index contributed by atoms with van der Waals surface area (Å²) < 4.78 is 36.2. The number of anilines is 1. The molecule has 2 aromatic heterocycles. The van der Waals surface area contributed by atoms with E-state index in [2.05, 4.69) is 4.90 Å². The molecule has 1 saturated carbocycles. The minimum atomic E-state index is -3.63. The molecule has 1 saturated heterocycles. The smallest absolute Gasteiger partial charge is 0.246 e. The van der Waals surface area contributed by atoms with E-state index in [0.29, 0.717) is 42.8 Å². The predicted molar refractivity (Wildman–Crippen MR) is 127 cm³/mol. The second-order valence-electron chi connectivity index (χ2n) is 8.33. The number of ether oxygens (including phenoxy) is 1. The summed E-state index contributed by atoms with van der Waals surface area (Å²) in [6.07, 6.45) is 6.25. The van der Waals surface area contributed by atoms with Crippen LogP contribution in [0.3, 0.4) is 0 Å². The van der Waals surface area contributed by atoms with Crippen molar-refractivity contribution in [2.75, 3.05) is 38.2 Å². The molecule has 0 unspecified atom stereocenters. The molecule has 3 aromatic rings. The Morgan fingerprint density at radius 1 is 1.03 bits per heavy atom. The van der Waals surface area contributed by atoms with Crippen LogP contribution in [-0.2, 0) is 10.0 Å². The lowest BCUT2D eigenvalue weighted by atomic mass is 10.2. The highest BCUT2D eigenvalue weighted by Gasteiger charge is 2.34. The van der Waals surface area contributed by atoms with E-state index < -0.39 is 10.0 Å². The van der Waals surface area contributed by atoms with Gasteiger partial charge in [0.15, 0.2) is 0 Å². The summed E-state index contributed by atoms with van der Waals surface area (Å²) in [5, 5.41) is 6.74. The zero-order valence-corrected chi connectivity index (χ0v) is 19.8. The largest absolute Gasteiger partial charge is 0.497 e. The Kier molecular flexibility index (Phi) is 5.96. The fraction of sp³-hybridized carbons (Fsp3) is 0.435. The first-order chi connectivity index (χ1) is 15.6. The second-order valence-corrected chi connectivity index (χ2v) is 11.2. The molecule has 7 nitrogen and oxygen atoms in total. The number of aromatic nitrogens is 2. The Balaban J connectivity index is 1.38. The third kappa shape index (κ3) is 4.04. The van der Waals surface area contributed by atoms with Crippen LogP contribution in [0, 0.1) is 0 Å². The minimum Gasteiger partial charge on any atom is -0.497 e. The van der Waals surface area contributed by atoms with Gasteiger partial charge in [0.05, 0.1) is 18.0 Å². The zero-order chi connectivity index (χ0) is 22.1. The molecule has 9 heteroatoms. The van der Waals surface area contributed by atoms with Crippen LogP contribution in [0.25, 0.3) is 10.6 Å². The molecular weight excluding hydrogens is 444 g/mol. The maximum absolute atomic E-state index is 13.7. The number of nitrogens with zero attached hydrogens (tertiary/aromatic N) is 4. The Hall–Kier alpha value is -2.36. The predicted octanol–water partition coefficient (Wildman–Crippen LogP) is 4.25. The Bertz CT molecular complexity index is 1140. The molecule has 0 radical (unpaired) electrons. The number of thiophene rings is 1. The van der Waals surface area contributed by atoms with Crippen molar-refractivity contribution in [1.29, 1.82) is 0 Å². The molecule has 1 aromatic carbocycles. The SMILES string of the molecule is COc1ccc(N2CCN(S(=O)(=O)c3cn(C4CCCC4)nc3-c3cccs3)CC2)cc1. The lowest BCUT2D eigenvalue weighted by molar-refractivity contribution is 0.384. The Morgan fingerprint density at radius 3 is 2.38 bits per heavy atom. The minimum absolute atomic E-state index is 0.296. The van der Waals surface area contributed by atoms with Gasteiger partial charge in [-0.3, -0.25) is 4.68 Å². The summed E-state index contributed by atoms with van der Waals surface area (Å²) in [6, 6.07) is 12.1. The van der Waals surface area contributed by atoms with Crippen molar-refractivity contribution in [3.05, 3.63) is 48.0 Å². The van der Waals surface area contributed by atoms with Gasteiger partial charge in [0.2, 0.25) is 10.0 Å². The first-order valence-electron chi connectivity index (χ1n) is 11.1. The van der Waals surface area contributed by atoms with E-state index in [4.69, 9.17) is 9.84 Å². The maximum Gasteiger partial charge on any atom is 0.246 e. The molecule has 3 heterocycles. The monoisotopic (exact) mass is 472 g/mol. The molecule has 0 spiro atoms. The van der Waals surface area contributed by atoms with Gasteiger partial charge in [0.25, 0.3) is 0 Å². The molecule has 0 amide bonds. The van der Waals surface area contributed by atoms with E-state index >= 15 is 0 Å². The molecule has 1 aliphatic heterocycles. The van der Waals surface area contributed by atoms with Crippen LogP contribution in [0.5, 0.6) is 5.75 Å². The summed E-state index contributed by atoms with van der Waals surface area (Å²) in [5.41, 5.74) is 1.67. The van der Waals surface area contributed by atoms with Crippen molar-refractivity contribution in [2.24, 2.45) is 0 Å². The van der Waals surface area contributed by atoms with Crippen LogP contribution in [-0.4, -0.2) is 55.8 Å². The van der Waals surface area contributed by atoms with Gasteiger partial charge in [-0.15, -0.1) is 11.3 Å². The number of benzene rings is 1. The average molecular weight is 473 g/mol. The van der Waals surface area contributed by atoms with Gasteiger partial charge in [-0.1, -0.05) is 18.9 Å². The van der Waals surface area contributed by atoms with Gasteiger partial charge in [0, 0.05) is 38.1 Å². The molecular formula is C23H28N4O3S2. The van der Waals surface area contributed by atoms with Crippen LogP contribution in [0.4, 0.5) is 5.69 Å². The second kappa shape index (κ2) is 8.88. The molecule has 2 aliphatic rings. The molecule has 0 N–H and O–H groups in total. The lowest BCUT2D eigenvalue weighted by Crippen LogP contribution is -2.48. The van der Waals surface area contributed by atoms with Crippen molar-refractivity contribution in [3.8, 4) is 16.3 Å². The van der Waals surface area contributed by atoms with Crippen LogP contribution in [0.15, 0.2) is 52.9 Å². The van der Waals surface area contributed by atoms with E-state index in [0.717, 1.165) is 29.2 Å². The van der Waals surface area contributed by atoms with Gasteiger partial charge in [-0.2, -0.15) is 9.40 Å². The summed E-state index contributed by atoms with van der Waals surface area (Å²) in [7, 11) is -1.98. The molecule has 2 fully saturated rings. The summed E-state index contributed by atoms with van der Waals surface area (Å²) in [4.78, 5) is 3.45. The van der Waals surface area contributed by atoms with Crippen molar-refractivity contribution >= 4 is 27.0 Å². The lowest BCUT2D eigenvalue weighted by Gasteiger charge is -2.35. The van der Waals surface area contributed by atoms with Crippen LogP contribution in [0.1, 0.15) is 31.7 Å². The summed E-state index contributed by atoms with van der Waals surface area (Å²) >= 11 is 1.53. The Labute approximate surface area is 193 Å². The topological polar surface area (TPSA) is 67.7 Å². The van der Waals surface area contributed by atoms with Crippen molar-refractivity contribution in [3.63, 3.8) is 0 Å². The first-order valence-corrected chi connectivity index (χ1v) is 13.4. The molecule has 1 aliphatic carbocycles. The van der Waals surface area contributed by atoms with Gasteiger partial charge in [0.1, 0.15) is 16.3 Å². The highest BCUT2D eigenvalue weighted by molar-refractivity contribution is 7.89. The van der Waals surface area contributed by atoms with Gasteiger partial charge >= 0.3 is 0 Å². The summed E-state index contributed by atoms with van der Waals surface area (Å²) in [6.45, 7) is 2.20. The summed E-state index contributed by atoms with van der Waals surface area (Å²) in [5.74, 6) is 0.815. The maximum atomic E-state index is 13.7. The fourth-order valence-electron chi connectivity index (χ4n) is 4.62. The third-order valence-corrected chi connectivity index (χ3v) is 9.22. The number of sulfonamides is 1. The van der Waals surface area contributed by atoms with Gasteiger partial charge in [-0.05, 0) is 48.6 Å². The van der Waals surface area contributed by atoms with Crippen LogP contribution < -0.4 is 9.64 Å². The van der Waals surface area contributed by atoms with E-state index in [1.54, 1.807) is 17.6 Å². The van der Waals surface area contributed by atoms with Crippen molar-refractivity contribution in [1.82, 2.24) is 14.1 Å². The number of rotatable bonds is 6. The van der Waals surface area contributed by atoms with Crippen LogP contribution >= 0.6 is 11.3 Å². The normalized spacial score (nSPS) is 18.3. The molecule has 5 rings (SSSR count). The fourth-order valence-corrected chi connectivity index (χ4v) is 6.97. The molecule has 0 atom stereocenters. The highest BCUT2D eigenvalue weighted by atomic mass is 32.2. The molecule has 170 valence electrons. The quantitative estimate of drug-likeness (QED) is 0.537. The van der Waals surface area contributed by atoms with Gasteiger partial charge in [-0.25, -0.2) is 8.42 Å². The van der Waals surface area contributed by atoms with Crippen LogP contribution in [0.2, 0.25) is 0 Å². The van der Waals surface area contributed by atoms with Crippen molar-refractivity contribution in [2.45, 2.75) is 36.6 Å². The van der Waals surface area contributed by atoms with Gasteiger partial charge < -0.3 is 9.64 Å². The van der Waals surface area contributed by atoms with E-state index in [-0.39, 0.29) is 0 Å². The number of methoxy groups -OCH3 is 1. The van der Waals surface area contributed by atoms with E-state index in [9.17, 15) is 8.42 Å². The highest BCUT2D eigenvalue weighted by Crippen LogP contribution is 2.36.